The molecule has 0 aliphatic carbocycles. The number of nitrogens with zero attached hydrogens (tertiary/aromatic N) is 1. The lowest BCUT2D eigenvalue weighted by atomic mass is 10.1. The lowest BCUT2D eigenvalue weighted by molar-refractivity contribution is -0.0103. The van der Waals surface area contributed by atoms with Crippen LogP contribution >= 0.6 is 0 Å². The van der Waals surface area contributed by atoms with Crippen LogP contribution in [0.4, 0.5) is 11.4 Å². The molecule has 21 heavy (non-hydrogen) atoms. The molecule has 1 aromatic carbocycles. The van der Waals surface area contributed by atoms with Crippen LogP contribution in [0, 0.1) is 0 Å². The third-order valence-electron chi connectivity index (χ3n) is 3.59. The van der Waals surface area contributed by atoms with E-state index in [0.717, 1.165) is 5.69 Å². The molecular weight excluding hydrogens is 294 g/mol. The topological polar surface area (TPSA) is 105 Å². The highest BCUT2D eigenvalue weighted by atomic mass is 32.2. The molecule has 7 nitrogen and oxygen atoms in total. The van der Waals surface area contributed by atoms with Crippen LogP contribution in [0.5, 0.6) is 0 Å². The van der Waals surface area contributed by atoms with Gasteiger partial charge in [-0.1, -0.05) is 0 Å². The van der Waals surface area contributed by atoms with Gasteiger partial charge in [0.1, 0.15) is 4.90 Å². The summed E-state index contributed by atoms with van der Waals surface area (Å²) in [6, 6.07) is 4.98. The summed E-state index contributed by atoms with van der Waals surface area (Å²) in [5.74, 6) is 0. The molecule has 0 aromatic heterocycles. The molecule has 1 fully saturated rings. The van der Waals surface area contributed by atoms with Crippen LogP contribution in [-0.4, -0.2) is 52.5 Å². The lowest BCUT2D eigenvalue weighted by Crippen LogP contribution is -2.49. The summed E-state index contributed by atoms with van der Waals surface area (Å²) in [6.07, 6.45) is -0.247. The maximum absolute atomic E-state index is 11.8. The molecule has 1 aliphatic rings. The van der Waals surface area contributed by atoms with E-state index in [9.17, 15) is 13.5 Å². The van der Waals surface area contributed by atoms with Crippen LogP contribution in [0.1, 0.15) is 6.92 Å². The molecular formula is C13H21N3O4S. The van der Waals surface area contributed by atoms with Gasteiger partial charge in [-0.05, 0) is 32.2 Å². The van der Waals surface area contributed by atoms with E-state index >= 15 is 0 Å². The molecule has 1 aromatic rings. The molecule has 8 heteroatoms. The minimum atomic E-state index is -3.56. The summed E-state index contributed by atoms with van der Waals surface area (Å²) >= 11 is 0. The van der Waals surface area contributed by atoms with Gasteiger partial charge in [-0.25, -0.2) is 13.1 Å². The fourth-order valence-electron chi connectivity index (χ4n) is 2.36. The molecule has 0 saturated carbocycles. The second-order valence-electron chi connectivity index (χ2n) is 5.07. The highest BCUT2D eigenvalue weighted by molar-refractivity contribution is 7.89. The number of nitrogen functional groups attached to an aromatic ring is 1. The van der Waals surface area contributed by atoms with Crippen molar-refractivity contribution in [3.05, 3.63) is 18.2 Å². The Morgan fingerprint density at radius 2 is 2.24 bits per heavy atom. The predicted molar refractivity (Wildman–Crippen MR) is 80.7 cm³/mol. The predicted octanol–water partition coefficient (Wildman–Crippen LogP) is -0.237. The highest BCUT2D eigenvalue weighted by Gasteiger charge is 2.26. The third-order valence-corrected chi connectivity index (χ3v) is 5.08. The zero-order valence-corrected chi connectivity index (χ0v) is 12.9. The first-order valence-electron chi connectivity index (χ1n) is 6.71. The van der Waals surface area contributed by atoms with E-state index in [1.54, 1.807) is 12.1 Å². The number of aliphatic hydroxyl groups excluding tert-OH is 1. The summed E-state index contributed by atoms with van der Waals surface area (Å²) in [7, 11) is -2.22. The molecule has 118 valence electrons. The molecule has 1 aliphatic heterocycles. The van der Waals surface area contributed by atoms with Gasteiger partial charge in [0.2, 0.25) is 10.0 Å². The lowest BCUT2D eigenvalue weighted by Gasteiger charge is -2.39. The minimum Gasteiger partial charge on any atom is -0.398 e. The van der Waals surface area contributed by atoms with Gasteiger partial charge in [0.05, 0.1) is 25.0 Å². The van der Waals surface area contributed by atoms with Gasteiger partial charge >= 0.3 is 0 Å². The Morgan fingerprint density at radius 3 is 2.81 bits per heavy atom. The number of morpholine rings is 1. The summed E-state index contributed by atoms with van der Waals surface area (Å²) < 4.78 is 31.4. The molecule has 1 heterocycles. The van der Waals surface area contributed by atoms with Crippen molar-refractivity contribution in [1.82, 2.24) is 4.72 Å². The standard InChI is InChI=1S/C13H21N3O4S/c1-9-8-20-11(7-17)6-16(9)10-3-4-13(12(14)5-10)21(18,19)15-2/h3-5,9,11,15,17H,6-8,14H2,1-2H3. The van der Waals surface area contributed by atoms with Crippen molar-refractivity contribution in [3.63, 3.8) is 0 Å². The number of nitrogens with two attached hydrogens (primary N) is 1. The number of sulfonamides is 1. The Hall–Kier alpha value is -1.35. The van der Waals surface area contributed by atoms with E-state index < -0.39 is 10.0 Å². The first-order chi connectivity index (χ1) is 9.89. The largest absolute Gasteiger partial charge is 0.398 e. The number of rotatable bonds is 4. The highest BCUT2D eigenvalue weighted by Crippen LogP contribution is 2.27. The van der Waals surface area contributed by atoms with Gasteiger partial charge in [0.25, 0.3) is 0 Å². The summed E-state index contributed by atoms with van der Waals surface area (Å²) in [5, 5.41) is 9.22. The van der Waals surface area contributed by atoms with Crippen molar-refractivity contribution < 1.29 is 18.3 Å². The van der Waals surface area contributed by atoms with Crippen molar-refractivity contribution in [2.45, 2.75) is 24.0 Å². The first-order valence-corrected chi connectivity index (χ1v) is 8.19. The van der Waals surface area contributed by atoms with E-state index in [4.69, 9.17) is 10.5 Å². The quantitative estimate of drug-likeness (QED) is 0.663. The van der Waals surface area contributed by atoms with E-state index in [1.807, 2.05) is 6.92 Å². The van der Waals surface area contributed by atoms with Gasteiger partial charge in [0.15, 0.2) is 0 Å². The van der Waals surface area contributed by atoms with E-state index in [-0.39, 0.29) is 29.3 Å². The van der Waals surface area contributed by atoms with Crippen molar-refractivity contribution in [1.29, 1.82) is 0 Å². The zero-order chi connectivity index (χ0) is 15.6. The van der Waals surface area contributed by atoms with Crippen molar-refractivity contribution >= 4 is 21.4 Å². The van der Waals surface area contributed by atoms with Gasteiger partial charge in [-0.2, -0.15) is 0 Å². The second kappa shape index (κ2) is 6.18. The Morgan fingerprint density at radius 1 is 1.52 bits per heavy atom. The first kappa shape index (κ1) is 16.0. The maximum atomic E-state index is 11.8. The second-order valence-corrected chi connectivity index (χ2v) is 6.92. The summed E-state index contributed by atoms with van der Waals surface area (Å²) in [4.78, 5) is 2.12. The van der Waals surface area contributed by atoms with Crippen molar-refractivity contribution in [3.8, 4) is 0 Å². The van der Waals surface area contributed by atoms with Crippen LogP contribution in [0.3, 0.4) is 0 Å². The van der Waals surface area contributed by atoms with Crippen molar-refractivity contribution in [2.75, 3.05) is 37.4 Å². The molecule has 0 radical (unpaired) electrons. The number of hydrogen-bond acceptors (Lipinski definition) is 6. The Bertz CT molecular complexity index is 605. The average Bonchev–Trinajstić information content (AvgIpc) is 2.47. The fourth-order valence-corrected chi connectivity index (χ4v) is 3.19. The summed E-state index contributed by atoms with van der Waals surface area (Å²) in [6.45, 7) is 2.99. The number of benzene rings is 1. The third kappa shape index (κ3) is 3.29. The number of ether oxygens (including phenoxy) is 1. The van der Waals surface area contributed by atoms with Gasteiger partial charge in [0, 0.05) is 18.3 Å². The number of aliphatic hydroxyl groups is 1. The Balaban J connectivity index is 2.31. The molecule has 2 rings (SSSR count). The minimum absolute atomic E-state index is 0.0507. The maximum Gasteiger partial charge on any atom is 0.242 e. The number of nitrogens with one attached hydrogen (secondary N) is 1. The van der Waals surface area contributed by atoms with E-state index in [1.165, 1.54) is 13.1 Å². The SMILES string of the molecule is CNS(=O)(=O)c1ccc(N2CC(CO)OCC2C)cc1N. The van der Waals surface area contributed by atoms with Gasteiger partial charge < -0.3 is 20.5 Å². The van der Waals surface area contributed by atoms with Crippen LogP contribution in [0.15, 0.2) is 23.1 Å². The van der Waals surface area contributed by atoms with Crippen LogP contribution < -0.4 is 15.4 Å². The van der Waals surface area contributed by atoms with E-state index in [0.29, 0.717) is 13.2 Å². The van der Waals surface area contributed by atoms with Crippen molar-refractivity contribution in [2.24, 2.45) is 0 Å². The zero-order valence-electron chi connectivity index (χ0n) is 12.1. The normalized spacial score (nSPS) is 23.3. The fraction of sp³-hybridized carbons (Fsp3) is 0.538. The number of hydrogen-bond donors (Lipinski definition) is 3. The van der Waals surface area contributed by atoms with Gasteiger partial charge in [-0.15, -0.1) is 0 Å². The smallest absolute Gasteiger partial charge is 0.242 e. The molecule has 2 unspecified atom stereocenters. The van der Waals surface area contributed by atoms with E-state index in [2.05, 4.69) is 9.62 Å². The van der Waals surface area contributed by atoms with Gasteiger partial charge in [-0.3, -0.25) is 0 Å². The molecule has 4 N–H and O–H groups in total. The van der Waals surface area contributed by atoms with Crippen LogP contribution in [0.25, 0.3) is 0 Å². The molecule has 0 bridgehead atoms. The molecule has 1 saturated heterocycles. The number of anilines is 2. The van der Waals surface area contributed by atoms with Crippen LogP contribution in [-0.2, 0) is 14.8 Å². The van der Waals surface area contributed by atoms with Crippen LogP contribution in [0.2, 0.25) is 0 Å². The molecule has 2 atom stereocenters. The Labute approximate surface area is 124 Å². The average molecular weight is 315 g/mol. The Kier molecular flexibility index (Phi) is 4.72. The molecule has 0 amide bonds. The monoisotopic (exact) mass is 315 g/mol. The summed E-state index contributed by atoms with van der Waals surface area (Å²) in [5.41, 5.74) is 6.89. The molecule has 0 spiro atoms.